The Morgan fingerprint density at radius 3 is 2.84 bits per heavy atom. The first-order valence-electron chi connectivity index (χ1n) is 6.72. The van der Waals surface area contributed by atoms with Crippen molar-refractivity contribution in [1.29, 1.82) is 0 Å². The molecule has 1 atom stereocenters. The molecule has 1 aromatic carbocycles. The van der Waals surface area contributed by atoms with Crippen molar-refractivity contribution in [2.24, 2.45) is 0 Å². The van der Waals surface area contributed by atoms with Crippen molar-refractivity contribution in [1.82, 2.24) is 15.1 Å². The number of aromatic nitrogens is 2. The van der Waals surface area contributed by atoms with Gasteiger partial charge in [0.25, 0.3) is 0 Å². The minimum atomic E-state index is -0.0397. The quantitative estimate of drug-likeness (QED) is 0.855. The van der Waals surface area contributed by atoms with E-state index < -0.39 is 0 Å². The van der Waals surface area contributed by atoms with Gasteiger partial charge in [0, 0.05) is 6.20 Å². The van der Waals surface area contributed by atoms with Crippen molar-refractivity contribution < 1.29 is 4.79 Å². The number of ketones is 1. The van der Waals surface area contributed by atoms with Gasteiger partial charge in [0.05, 0.1) is 23.5 Å². The molecule has 98 valence electrons. The van der Waals surface area contributed by atoms with Gasteiger partial charge in [0.1, 0.15) is 0 Å². The van der Waals surface area contributed by atoms with Crippen LogP contribution in [0.2, 0.25) is 0 Å². The molecule has 4 nitrogen and oxygen atoms in total. The Morgan fingerprint density at radius 1 is 1.26 bits per heavy atom. The molecular weight excluding hydrogens is 238 g/mol. The summed E-state index contributed by atoms with van der Waals surface area (Å²) in [6, 6.07) is 9.79. The average Bonchev–Trinajstić information content (AvgIpc) is 2.98. The number of piperidine rings is 1. The van der Waals surface area contributed by atoms with Gasteiger partial charge in [-0.3, -0.25) is 4.79 Å². The topological polar surface area (TPSA) is 46.9 Å². The molecule has 0 saturated carbocycles. The van der Waals surface area contributed by atoms with Crippen LogP contribution in [0.4, 0.5) is 0 Å². The number of nitrogens with zero attached hydrogens (tertiary/aromatic N) is 2. The Balaban J connectivity index is 1.79. The SMILES string of the molecule is O=C(c1cnn(-c2ccccc2)c1)C1CCCCN1. The van der Waals surface area contributed by atoms with Crippen LogP contribution in [0, 0.1) is 0 Å². The lowest BCUT2D eigenvalue weighted by molar-refractivity contribution is 0.0927. The van der Waals surface area contributed by atoms with E-state index in [1.807, 2.05) is 36.5 Å². The van der Waals surface area contributed by atoms with E-state index in [2.05, 4.69) is 10.4 Å². The number of Topliss-reactive ketones (excluding diaryl/α,β-unsaturated/α-hetero) is 1. The van der Waals surface area contributed by atoms with Gasteiger partial charge in [-0.05, 0) is 31.5 Å². The molecule has 1 aliphatic heterocycles. The molecule has 1 aromatic heterocycles. The van der Waals surface area contributed by atoms with Crippen molar-refractivity contribution in [3.63, 3.8) is 0 Å². The highest BCUT2D eigenvalue weighted by Crippen LogP contribution is 2.14. The highest BCUT2D eigenvalue weighted by molar-refractivity contribution is 5.99. The molecule has 0 spiro atoms. The smallest absolute Gasteiger partial charge is 0.182 e. The zero-order valence-corrected chi connectivity index (χ0v) is 10.7. The lowest BCUT2D eigenvalue weighted by Crippen LogP contribution is -2.40. The maximum atomic E-state index is 12.3. The van der Waals surface area contributed by atoms with Crippen molar-refractivity contribution in [2.45, 2.75) is 25.3 Å². The van der Waals surface area contributed by atoms with Crippen molar-refractivity contribution >= 4 is 5.78 Å². The fourth-order valence-corrected chi connectivity index (χ4v) is 2.45. The number of carbonyl (C=O) groups is 1. The van der Waals surface area contributed by atoms with Crippen LogP contribution in [0.15, 0.2) is 42.7 Å². The Morgan fingerprint density at radius 2 is 2.11 bits per heavy atom. The van der Waals surface area contributed by atoms with Gasteiger partial charge in [-0.15, -0.1) is 0 Å². The third-order valence-corrected chi connectivity index (χ3v) is 3.51. The third-order valence-electron chi connectivity index (χ3n) is 3.51. The standard InChI is InChI=1S/C15H17N3O/c19-15(14-8-4-5-9-16-14)12-10-17-18(11-12)13-6-2-1-3-7-13/h1-3,6-7,10-11,14,16H,4-5,8-9H2. The first-order valence-corrected chi connectivity index (χ1v) is 6.72. The van der Waals surface area contributed by atoms with Crippen LogP contribution in [0.5, 0.6) is 0 Å². The lowest BCUT2D eigenvalue weighted by atomic mass is 9.98. The molecule has 1 saturated heterocycles. The van der Waals surface area contributed by atoms with Gasteiger partial charge >= 0.3 is 0 Å². The van der Waals surface area contributed by atoms with E-state index in [1.165, 1.54) is 0 Å². The highest BCUT2D eigenvalue weighted by atomic mass is 16.1. The Labute approximate surface area is 112 Å². The second-order valence-electron chi connectivity index (χ2n) is 4.88. The lowest BCUT2D eigenvalue weighted by Gasteiger charge is -2.21. The summed E-state index contributed by atoms with van der Waals surface area (Å²) in [6.45, 7) is 0.934. The highest BCUT2D eigenvalue weighted by Gasteiger charge is 2.22. The van der Waals surface area contributed by atoms with Gasteiger partial charge in [-0.2, -0.15) is 5.10 Å². The number of hydrogen-bond acceptors (Lipinski definition) is 3. The van der Waals surface area contributed by atoms with Crippen LogP contribution < -0.4 is 5.32 Å². The van der Waals surface area contributed by atoms with Crippen LogP contribution in [-0.4, -0.2) is 28.2 Å². The van der Waals surface area contributed by atoms with Gasteiger partial charge in [0.15, 0.2) is 5.78 Å². The molecule has 0 amide bonds. The molecule has 3 rings (SSSR count). The fraction of sp³-hybridized carbons (Fsp3) is 0.333. The molecule has 0 bridgehead atoms. The monoisotopic (exact) mass is 255 g/mol. The molecule has 1 N–H and O–H groups in total. The molecule has 2 aromatic rings. The number of rotatable bonds is 3. The van der Waals surface area contributed by atoms with Crippen LogP contribution >= 0.6 is 0 Å². The van der Waals surface area contributed by atoms with E-state index >= 15 is 0 Å². The van der Waals surface area contributed by atoms with Crippen molar-refractivity contribution in [3.05, 3.63) is 48.3 Å². The van der Waals surface area contributed by atoms with Crippen LogP contribution in [0.25, 0.3) is 5.69 Å². The maximum Gasteiger partial charge on any atom is 0.182 e. The molecule has 1 fully saturated rings. The van der Waals surface area contributed by atoms with Crippen molar-refractivity contribution in [3.8, 4) is 5.69 Å². The molecule has 2 heterocycles. The normalized spacial score (nSPS) is 19.3. The Kier molecular flexibility index (Phi) is 3.42. The van der Waals surface area contributed by atoms with Gasteiger partial charge in [0.2, 0.25) is 0 Å². The molecular formula is C15H17N3O. The zero-order valence-electron chi connectivity index (χ0n) is 10.7. The average molecular weight is 255 g/mol. The largest absolute Gasteiger partial charge is 0.307 e. The molecule has 0 aliphatic carbocycles. The van der Waals surface area contributed by atoms with E-state index in [4.69, 9.17) is 0 Å². The Hall–Kier alpha value is -1.94. The number of benzene rings is 1. The summed E-state index contributed by atoms with van der Waals surface area (Å²) in [5, 5.41) is 7.55. The van der Waals surface area contributed by atoms with E-state index in [0.29, 0.717) is 5.56 Å². The Bertz CT molecular complexity index is 556. The van der Waals surface area contributed by atoms with E-state index in [9.17, 15) is 4.79 Å². The van der Waals surface area contributed by atoms with E-state index in [1.54, 1.807) is 10.9 Å². The van der Waals surface area contributed by atoms with Crippen LogP contribution in [0.3, 0.4) is 0 Å². The van der Waals surface area contributed by atoms with E-state index in [-0.39, 0.29) is 11.8 Å². The number of para-hydroxylation sites is 1. The summed E-state index contributed by atoms with van der Waals surface area (Å²) in [6.07, 6.45) is 6.68. The van der Waals surface area contributed by atoms with Crippen LogP contribution in [-0.2, 0) is 0 Å². The summed E-state index contributed by atoms with van der Waals surface area (Å²) >= 11 is 0. The second kappa shape index (κ2) is 5.36. The third kappa shape index (κ3) is 2.58. The summed E-state index contributed by atoms with van der Waals surface area (Å²) < 4.78 is 1.75. The molecule has 1 aliphatic rings. The predicted octanol–water partition coefficient (Wildman–Crippen LogP) is 2.20. The number of nitrogens with one attached hydrogen (secondary N) is 1. The molecule has 4 heteroatoms. The summed E-state index contributed by atoms with van der Waals surface area (Å²) in [4.78, 5) is 12.3. The summed E-state index contributed by atoms with van der Waals surface area (Å²) in [5.41, 5.74) is 1.65. The number of carbonyl (C=O) groups excluding carboxylic acids is 1. The first kappa shape index (κ1) is 12.1. The minimum absolute atomic E-state index is 0.0397. The van der Waals surface area contributed by atoms with Crippen LogP contribution in [0.1, 0.15) is 29.6 Å². The van der Waals surface area contributed by atoms with Gasteiger partial charge < -0.3 is 5.32 Å². The molecule has 0 radical (unpaired) electrons. The second-order valence-corrected chi connectivity index (χ2v) is 4.88. The van der Waals surface area contributed by atoms with Gasteiger partial charge in [-0.25, -0.2) is 4.68 Å². The summed E-state index contributed by atoms with van der Waals surface area (Å²) in [5.74, 6) is 0.155. The minimum Gasteiger partial charge on any atom is -0.307 e. The first-order chi connectivity index (χ1) is 9.34. The predicted molar refractivity (Wildman–Crippen MR) is 73.5 cm³/mol. The van der Waals surface area contributed by atoms with Gasteiger partial charge in [-0.1, -0.05) is 24.6 Å². The zero-order chi connectivity index (χ0) is 13.1. The fourth-order valence-electron chi connectivity index (χ4n) is 2.45. The number of hydrogen-bond donors (Lipinski definition) is 1. The maximum absolute atomic E-state index is 12.3. The molecule has 19 heavy (non-hydrogen) atoms. The van der Waals surface area contributed by atoms with E-state index in [0.717, 1.165) is 31.5 Å². The van der Waals surface area contributed by atoms with Crippen molar-refractivity contribution in [2.75, 3.05) is 6.54 Å². The summed E-state index contributed by atoms with van der Waals surface area (Å²) in [7, 11) is 0. The molecule has 1 unspecified atom stereocenters.